The Hall–Kier alpha value is -1.67. The maximum atomic E-state index is 12.0. The summed E-state index contributed by atoms with van der Waals surface area (Å²) >= 11 is 0. The summed E-state index contributed by atoms with van der Waals surface area (Å²) in [5, 5.41) is 13.8. The Morgan fingerprint density at radius 1 is 1.35 bits per heavy atom. The van der Waals surface area contributed by atoms with Crippen molar-refractivity contribution in [3.05, 3.63) is 28.3 Å². The molecule has 0 aliphatic rings. The molecule has 0 saturated carbocycles. The third-order valence-electron chi connectivity index (χ3n) is 2.53. The van der Waals surface area contributed by atoms with Crippen LogP contribution in [-0.4, -0.2) is 26.4 Å². The van der Waals surface area contributed by atoms with E-state index in [0.29, 0.717) is 12.2 Å². The molecule has 1 aromatic rings. The summed E-state index contributed by atoms with van der Waals surface area (Å²) in [5.41, 5.74) is 0.0552. The summed E-state index contributed by atoms with van der Waals surface area (Å²) in [6.45, 7) is 6.35. The molecule has 2 N–H and O–H groups in total. The summed E-state index contributed by atoms with van der Waals surface area (Å²) < 4.78 is 26.5. The van der Waals surface area contributed by atoms with E-state index in [0.717, 1.165) is 6.07 Å². The lowest BCUT2D eigenvalue weighted by Crippen LogP contribution is -2.27. The first-order valence-electron chi connectivity index (χ1n) is 6.30. The summed E-state index contributed by atoms with van der Waals surface area (Å²) in [6.07, 6.45) is 0. The molecule has 1 aromatic carbocycles. The van der Waals surface area contributed by atoms with Crippen molar-refractivity contribution in [1.82, 2.24) is 4.72 Å². The largest absolute Gasteiger partial charge is 0.380 e. The Labute approximate surface area is 118 Å². The average Bonchev–Trinajstić information content (AvgIpc) is 2.37. The van der Waals surface area contributed by atoms with Crippen molar-refractivity contribution in [2.75, 3.05) is 18.4 Å². The molecule has 0 saturated heterocycles. The molecule has 0 fully saturated rings. The minimum absolute atomic E-state index is 0.105. The highest BCUT2D eigenvalue weighted by Crippen LogP contribution is 2.27. The summed E-state index contributed by atoms with van der Waals surface area (Å²) in [7, 11) is -3.73. The number of rotatable bonds is 7. The Bertz CT molecular complexity index is 584. The van der Waals surface area contributed by atoms with E-state index in [4.69, 9.17) is 0 Å². The maximum Gasteiger partial charge on any atom is 0.293 e. The van der Waals surface area contributed by atoms with Crippen molar-refractivity contribution < 1.29 is 13.3 Å². The lowest BCUT2D eigenvalue weighted by Gasteiger charge is -2.10. The fourth-order valence-electron chi connectivity index (χ4n) is 1.53. The Kier molecular flexibility index (Phi) is 5.46. The van der Waals surface area contributed by atoms with Crippen LogP contribution in [0.15, 0.2) is 23.1 Å². The zero-order chi connectivity index (χ0) is 15.3. The molecular weight excluding hydrogens is 282 g/mol. The topological polar surface area (TPSA) is 101 Å². The summed E-state index contributed by atoms with van der Waals surface area (Å²) in [4.78, 5) is 10.3. The third kappa shape index (κ3) is 4.17. The first-order valence-corrected chi connectivity index (χ1v) is 7.78. The van der Waals surface area contributed by atoms with Gasteiger partial charge in [-0.3, -0.25) is 10.1 Å². The van der Waals surface area contributed by atoms with Gasteiger partial charge >= 0.3 is 0 Å². The first-order chi connectivity index (χ1) is 9.27. The highest BCUT2D eigenvalue weighted by Gasteiger charge is 2.21. The summed E-state index contributed by atoms with van der Waals surface area (Å²) in [5.74, 6) is 0.154. The van der Waals surface area contributed by atoms with Crippen molar-refractivity contribution in [1.29, 1.82) is 0 Å². The fraction of sp³-hybridized carbons (Fsp3) is 0.500. The predicted octanol–water partition coefficient (Wildman–Crippen LogP) is 1.96. The monoisotopic (exact) mass is 301 g/mol. The van der Waals surface area contributed by atoms with Crippen LogP contribution in [-0.2, 0) is 10.0 Å². The van der Waals surface area contributed by atoms with Gasteiger partial charge in [0.2, 0.25) is 10.0 Å². The first kappa shape index (κ1) is 16.4. The SMILES string of the molecule is CCNc1ccc(S(=O)(=O)NCC(C)C)cc1[N+](=O)[O-]. The van der Waals surface area contributed by atoms with E-state index in [1.165, 1.54) is 12.1 Å². The van der Waals surface area contributed by atoms with E-state index in [1.807, 2.05) is 13.8 Å². The van der Waals surface area contributed by atoms with Crippen molar-refractivity contribution in [2.24, 2.45) is 5.92 Å². The van der Waals surface area contributed by atoms with Crippen molar-refractivity contribution >= 4 is 21.4 Å². The van der Waals surface area contributed by atoms with Crippen LogP contribution in [0.5, 0.6) is 0 Å². The Balaban J connectivity index is 3.14. The van der Waals surface area contributed by atoms with E-state index in [1.54, 1.807) is 6.92 Å². The normalized spacial score (nSPS) is 11.6. The quantitative estimate of drug-likeness (QED) is 0.592. The van der Waals surface area contributed by atoms with Crippen molar-refractivity contribution in [2.45, 2.75) is 25.7 Å². The van der Waals surface area contributed by atoms with Gasteiger partial charge in [-0.15, -0.1) is 0 Å². The molecule has 0 spiro atoms. The molecule has 0 heterocycles. The molecule has 0 aliphatic carbocycles. The van der Waals surface area contributed by atoms with E-state index in [-0.39, 0.29) is 23.0 Å². The zero-order valence-electron chi connectivity index (χ0n) is 11.7. The van der Waals surface area contributed by atoms with Gasteiger partial charge < -0.3 is 5.32 Å². The maximum absolute atomic E-state index is 12.0. The van der Waals surface area contributed by atoms with E-state index in [2.05, 4.69) is 10.0 Å². The number of anilines is 1. The predicted molar refractivity (Wildman–Crippen MR) is 77.3 cm³/mol. The van der Waals surface area contributed by atoms with Crippen LogP contribution in [0.4, 0.5) is 11.4 Å². The van der Waals surface area contributed by atoms with Gasteiger partial charge in [-0.1, -0.05) is 13.8 Å². The van der Waals surface area contributed by atoms with Gasteiger partial charge in [-0.25, -0.2) is 13.1 Å². The Morgan fingerprint density at radius 3 is 2.50 bits per heavy atom. The number of hydrogen-bond donors (Lipinski definition) is 2. The number of sulfonamides is 1. The summed E-state index contributed by atoms with van der Waals surface area (Å²) in [6, 6.07) is 3.83. The smallest absolute Gasteiger partial charge is 0.293 e. The highest BCUT2D eigenvalue weighted by molar-refractivity contribution is 7.89. The van der Waals surface area contributed by atoms with Crippen LogP contribution in [0.25, 0.3) is 0 Å². The molecule has 0 aliphatic heterocycles. The molecule has 20 heavy (non-hydrogen) atoms. The number of nitrogens with zero attached hydrogens (tertiary/aromatic N) is 1. The van der Waals surface area contributed by atoms with Crippen LogP contribution >= 0.6 is 0 Å². The molecule has 0 unspecified atom stereocenters. The standard InChI is InChI=1S/C12H19N3O4S/c1-4-13-11-6-5-10(7-12(11)15(16)17)20(18,19)14-8-9(2)3/h5-7,9,13-14H,4,8H2,1-3H3. The van der Waals surface area contributed by atoms with Crippen LogP contribution in [0.3, 0.4) is 0 Å². The molecule has 0 atom stereocenters. The van der Waals surface area contributed by atoms with E-state index in [9.17, 15) is 18.5 Å². The molecule has 8 heteroatoms. The third-order valence-corrected chi connectivity index (χ3v) is 3.95. The van der Waals surface area contributed by atoms with Crippen LogP contribution in [0.1, 0.15) is 20.8 Å². The molecule has 112 valence electrons. The van der Waals surface area contributed by atoms with E-state index >= 15 is 0 Å². The molecular formula is C12H19N3O4S. The second kappa shape index (κ2) is 6.67. The molecule has 0 aromatic heterocycles. The molecule has 7 nitrogen and oxygen atoms in total. The fourth-order valence-corrected chi connectivity index (χ4v) is 2.76. The van der Waals surface area contributed by atoms with Crippen molar-refractivity contribution in [3.8, 4) is 0 Å². The number of hydrogen-bond acceptors (Lipinski definition) is 5. The minimum Gasteiger partial charge on any atom is -0.380 e. The van der Waals surface area contributed by atoms with Gasteiger partial charge in [0.05, 0.1) is 9.82 Å². The van der Waals surface area contributed by atoms with Crippen LogP contribution in [0, 0.1) is 16.0 Å². The molecule has 0 radical (unpaired) electrons. The molecule has 0 amide bonds. The van der Waals surface area contributed by atoms with Gasteiger partial charge in [-0.05, 0) is 25.0 Å². The van der Waals surface area contributed by atoms with Crippen LogP contribution < -0.4 is 10.0 Å². The van der Waals surface area contributed by atoms with Gasteiger partial charge in [0.25, 0.3) is 5.69 Å². The number of nitrogens with one attached hydrogen (secondary N) is 2. The highest BCUT2D eigenvalue weighted by atomic mass is 32.2. The van der Waals surface area contributed by atoms with Gasteiger partial charge in [0, 0.05) is 19.2 Å². The number of benzene rings is 1. The zero-order valence-corrected chi connectivity index (χ0v) is 12.5. The van der Waals surface area contributed by atoms with Gasteiger partial charge in [0.1, 0.15) is 5.69 Å². The molecule has 0 bridgehead atoms. The second-order valence-electron chi connectivity index (χ2n) is 4.71. The minimum atomic E-state index is -3.73. The number of nitro benzene ring substituents is 1. The number of nitro groups is 1. The van der Waals surface area contributed by atoms with Crippen LogP contribution in [0.2, 0.25) is 0 Å². The van der Waals surface area contributed by atoms with Crippen molar-refractivity contribution in [3.63, 3.8) is 0 Å². The lowest BCUT2D eigenvalue weighted by atomic mass is 10.2. The van der Waals surface area contributed by atoms with Gasteiger partial charge in [0.15, 0.2) is 0 Å². The van der Waals surface area contributed by atoms with Gasteiger partial charge in [-0.2, -0.15) is 0 Å². The average molecular weight is 301 g/mol. The van der Waals surface area contributed by atoms with E-state index < -0.39 is 14.9 Å². The second-order valence-corrected chi connectivity index (χ2v) is 6.48. The lowest BCUT2D eigenvalue weighted by molar-refractivity contribution is -0.384. The molecule has 1 rings (SSSR count). The Morgan fingerprint density at radius 2 is 2.00 bits per heavy atom.